The van der Waals surface area contributed by atoms with E-state index in [1.54, 1.807) is 0 Å². The summed E-state index contributed by atoms with van der Waals surface area (Å²) in [6.45, 7) is 0. The Bertz CT molecular complexity index is 3550. The SMILES string of the molecule is c1ccc(-n2c3ccccc3c3cc(-c4ccc5cc(N(c6ccc(-c7cccc8c7oc7ccccc78)cc6)c6cccc7ccccc67)ccc5c4)ccc32)cc1. The van der Waals surface area contributed by atoms with Gasteiger partial charge in [-0.15, -0.1) is 0 Å². The van der Waals surface area contributed by atoms with E-state index in [2.05, 4.69) is 216 Å². The summed E-state index contributed by atoms with van der Waals surface area (Å²) in [6.07, 6.45) is 0. The summed E-state index contributed by atoms with van der Waals surface area (Å²) in [6, 6.07) is 78.7. The molecular formula is C56H36N2O. The minimum Gasteiger partial charge on any atom is -0.455 e. The molecule has 276 valence electrons. The Labute approximate surface area is 341 Å². The molecule has 10 aromatic carbocycles. The zero-order valence-corrected chi connectivity index (χ0v) is 32.1. The largest absolute Gasteiger partial charge is 0.455 e. The number of rotatable bonds is 6. The molecule has 0 N–H and O–H groups in total. The van der Waals surface area contributed by atoms with Crippen LogP contribution in [0.1, 0.15) is 0 Å². The number of para-hydroxylation sites is 4. The first-order valence-electron chi connectivity index (χ1n) is 20.2. The first kappa shape index (κ1) is 33.3. The zero-order chi connectivity index (χ0) is 38.9. The van der Waals surface area contributed by atoms with Crippen LogP contribution in [0.15, 0.2) is 223 Å². The third-order valence-corrected chi connectivity index (χ3v) is 12.0. The molecule has 0 fully saturated rings. The topological polar surface area (TPSA) is 21.3 Å². The van der Waals surface area contributed by atoms with E-state index in [9.17, 15) is 0 Å². The predicted octanol–water partition coefficient (Wildman–Crippen LogP) is 15.8. The number of anilines is 3. The summed E-state index contributed by atoms with van der Waals surface area (Å²) in [5, 5.41) is 9.57. The summed E-state index contributed by atoms with van der Waals surface area (Å²) in [7, 11) is 0. The number of furan rings is 1. The first-order chi connectivity index (χ1) is 29.2. The van der Waals surface area contributed by atoms with Crippen molar-refractivity contribution >= 4 is 82.4 Å². The Balaban J connectivity index is 0.952. The van der Waals surface area contributed by atoms with Crippen molar-refractivity contribution in [2.24, 2.45) is 0 Å². The molecule has 59 heavy (non-hydrogen) atoms. The second kappa shape index (κ2) is 13.4. The van der Waals surface area contributed by atoms with E-state index in [1.165, 1.54) is 60.2 Å². The van der Waals surface area contributed by atoms with Crippen LogP contribution in [0, 0.1) is 0 Å². The van der Waals surface area contributed by atoms with E-state index in [1.807, 2.05) is 12.1 Å². The van der Waals surface area contributed by atoms with Crippen LogP contribution in [0.4, 0.5) is 17.1 Å². The zero-order valence-electron chi connectivity index (χ0n) is 32.1. The number of fused-ring (bicyclic) bond motifs is 8. The van der Waals surface area contributed by atoms with E-state index in [-0.39, 0.29) is 0 Å². The molecule has 0 saturated carbocycles. The van der Waals surface area contributed by atoms with Gasteiger partial charge in [-0.3, -0.25) is 0 Å². The Kier molecular flexibility index (Phi) is 7.54. The normalized spacial score (nSPS) is 11.7. The van der Waals surface area contributed by atoms with Gasteiger partial charge in [-0.1, -0.05) is 146 Å². The maximum absolute atomic E-state index is 6.42. The number of benzene rings is 10. The Morgan fingerprint density at radius 2 is 0.983 bits per heavy atom. The molecule has 0 unspecified atom stereocenters. The molecule has 0 bridgehead atoms. The van der Waals surface area contributed by atoms with Gasteiger partial charge in [0.05, 0.1) is 16.7 Å². The van der Waals surface area contributed by atoms with Crippen molar-refractivity contribution in [2.75, 3.05) is 4.90 Å². The summed E-state index contributed by atoms with van der Waals surface area (Å²) in [4.78, 5) is 2.39. The lowest BCUT2D eigenvalue weighted by Gasteiger charge is -2.27. The summed E-state index contributed by atoms with van der Waals surface area (Å²) < 4.78 is 8.79. The van der Waals surface area contributed by atoms with Gasteiger partial charge in [0.25, 0.3) is 0 Å². The molecule has 12 aromatic rings. The third kappa shape index (κ3) is 5.44. The molecule has 3 nitrogen and oxygen atoms in total. The van der Waals surface area contributed by atoms with Gasteiger partial charge in [0.2, 0.25) is 0 Å². The Morgan fingerprint density at radius 3 is 1.88 bits per heavy atom. The Morgan fingerprint density at radius 1 is 0.356 bits per heavy atom. The van der Waals surface area contributed by atoms with Crippen molar-refractivity contribution < 1.29 is 4.42 Å². The van der Waals surface area contributed by atoms with Crippen LogP contribution in [0.3, 0.4) is 0 Å². The molecule has 0 aliphatic carbocycles. The van der Waals surface area contributed by atoms with Crippen molar-refractivity contribution in [1.82, 2.24) is 4.57 Å². The highest BCUT2D eigenvalue weighted by Crippen LogP contribution is 2.43. The highest BCUT2D eigenvalue weighted by atomic mass is 16.3. The van der Waals surface area contributed by atoms with Gasteiger partial charge in [-0.25, -0.2) is 0 Å². The fraction of sp³-hybridized carbons (Fsp3) is 0. The molecule has 0 aliphatic rings. The van der Waals surface area contributed by atoms with Crippen molar-refractivity contribution in [2.45, 2.75) is 0 Å². The van der Waals surface area contributed by atoms with Crippen LogP contribution in [0.2, 0.25) is 0 Å². The summed E-state index contributed by atoms with van der Waals surface area (Å²) in [5.41, 5.74) is 13.3. The fourth-order valence-electron chi connectivity index (χ4n) is 9.15. The molecule has 2 heterocycles. The molecule has 0 amide bonds. The van der Waals surface area contributed by atoms with E-state index >= 15 is 0 Å². The maximum atomic E-state index is 6.42. The van der Waals surface area contributed by atoms with Crippen molar-refractivity contribution in [3.63, 3.8) is 0 Å². The van der Waals surface area contributed by atoms with E-state index in [0.717, 1.165) is 50.1 Å². The van der Waals surface area contributed by atoms with Gasteiger partial charge in [0, 0.05) is 49.6 Å². The lowest BCUT2D eigenvalue weighted by molar-refractivity contribution is 0.670. The smallest absolute Gasteiger partial charge is 0.143 e. The minimum atomic E-state index is 0.908. The molecular weight excluding hydrogens is 717 g/mol. The summed E-state index contributed by atoms with van der Waals surface area (Å²) >= 11 is 0. The van der Waals surface area contributed by atoms with E-state index in [0.29, 0.717) is 0 Å². The van der Waals surface area contributed by atoms with Crippen molar-refractivity contribution in [3.8, 4) is 27.9 Å². The van der Waals surface area contributed by atoms with Crippen LogP contribution in [0.5, 0.6) is 0 Å². The molecule has 0 aliphatic heterocycles. The van der Waals surface area contributed by atoms with Gasteiger partial charge in [0.1, 0.15) is 11.2 Å². The second-order valence-corrected chi connectivity index (χ2v) is 15.3. The number of nitrogens with zero attached hydrogens (tertiary/aromatic N) is 2. The van der Waals surface area contributed by atoms with Crippen LogP contribution in [-0.4, -0.2) is 4.57 Å². The quantitative estimate of drug-likeness (QED) is 0.169. The van der Waals surface area contributed by atoms with Gasteiger partial charge in [-0.05, 0) is 106 Å². The molecule has 12 rings (SSSR count). The monoisotopic (exact) mass is 752 g/mol. The third-order valence-electron chi connectivity index (χ3n) is 12.0. The van der Waals surface area contributed by atoms with Crippen LogP contribution in [0.25, 0.3) is 93.2 Å². The van der Waals surface area contributed by atoms with Crippen LogP contribution >= 0.6 is 0 Å². The maximum Gasteiger partial charge on any atom is 0.143 e. The summed E-state index contributed by atoms with van der Waals surface area (Å²) in [5.74, 6) is 0. The average Bonchev–Trinajstić information content (AvgIpc) is 3.85. The molecule has 0 radical (unpaired) electrons. The fourth-order valence-corrected chi connectivity index (χ4v) is 9.15. The van der Waals surface area contributed by atoms with Crippen molar-refractivity contribution in [1.29, 1.82) is 0 Å². The lowest BCUT2D eigenvalue weighted by Crippen LogP contribution is -2.10. The standard InChI is InChI=1S/C56H36N2O/c1-2-14-43(15-3-1)58-53-21-8-6-17-48(53)51-36-42(29-33-54(51)58)39-24-25-41-35-45(32-28-40(41)34-39)57(52-22-10-13-37-12-4-5-16-46(37)52)44-30-26-38(27-31-44)47-19-11-20-50-49-18-7-9-23-55(49)59-56(47)50/h1-36H. The van der Waals surface area contributed by atoms with Gasteiger partial charge < -0.3 is 13.9 Å². The minimum absolute atomic E-state index is 0.908. The number of aromatic nitrogens is 1. The lowest BCUT2D eigenvalue weighted by atomic mass is 9.98. The van der Waals surface area contributed by atoms with Crippen LogP contribution in [-0.2, 0) is 0 Å². The average molecular weight is 753 g/mol. The van der Waals surface area contributed by atoms with Gasteiger partial charge >= 0.3 is 0 Å². The number of hydrogen-bond acceptors (Lipinski definition) is 2. The highest BCUT2D eigenvalue weighted by molar-refractivity contribution is 6.11. The van der Waals surface area contributed by atoms with Gasteiger partial charge in [-0.2, -0.15) is 0 Å². The predicted molar refractivity (Wildman–Crippen MR) is 249 cm³/mol. The van der Waals surface area contributed by atoms with E-state index in [4.69, 9.17) is 4.42 Å². The Hall–Kier alpha value is -7.88. The van der Waals surface area contributed by atoms with Crippen molar-refractivity contribution in [3.05, 3.63) is 218 Å². The van der Waals surface area contributed by atoms with Crippen LogP contribution < -0.4 is 4.90 Å². The highest BCUT2D eigenvalue weighted by Gasteiger charge is 2.18. The second-order valence-electron chi connectivity index (χ2n) is 15.3. The molecule has 0 atom stereocenters. The number of hydrogen-bond donors (Lipinski definition) is 0. The van der Waals surface area contributed by atoms with Gasteiger partial charge in [0.15, 0.2) is 0 Å². The molecule has 0 spiro atoms. The first-order valence-corrected chi connectivity index (χ1v) is 20.2. The molecule has 0 saturated heterocycles. The van der Waals surface area contributed by atoms with E-state index < -0.39 is 0 Å². The molecule has 2 aromatic heterocycles. The molecule has 3 heteroatoms.